The molecule has 0 bridgehead atoms. The number of aromatic nitrogens is 1. The summed E-state index contributed by atoms with van der Waals surface area (Å²) in [7, 11) is 0. The zero-order chi connectivity index (χ0) is 14.5. The molecule has 0 radical (unpaired) electrons. The molecule has 2 rings (SSSR count). The molecule has 3 unspecified atom stereocenters. The van der Waals surface area contributed by atoms with E-state index in [1.165, 1.54) is 50.5 Å². The minimum atomic E-state index is 0.342. The predicted molar refractivity (Wildman–Crippen MR) is 82.8 cm³/mol. The van der Waals surface area contributed by atoms with E-state index in [1.54, 1.807) is 0 Å². The number of nitrogens with one attached hydrogen (secondary N) is 1. The molecule has 3 heteroatoms. The van der Waals surface area contributed by atoms with Crippen molar-refractivity contribution < 1.29 is 4.52 Å². The van der Waals surface area contributed by atoms with Crippen molar-refractivity contribution in [3.63, 3.8) is 0 Å². The first-order valence-corrected chi connectivity index (χ1v) is 8.30. The summed E-state index contributed by atoms with van der Waals surface area (Å²) < 4.78 is 5.29. The largest absolute Gasteiger partial charge is 0.361 e. The summed E-state index contributed by atoms with van der Waals surface area (Å²) in [6.45, 7) is 8.59. The second kappa shape index (κ2) is 7.26. The summed E-state index contributed by atoms with van der Waals surface area (Å²) in [4.78, 5) is 0. The second-order valence-corrected chi connectivity index (χ2v) is 6.49. The van der Waals surface area contributed by atoms with Crippen molar-refractivity contribution >= 4 is 0 Å². The minimum absolute atomic E-state index is 0.342. The predicted octanol–water partition coefficient (Wildman–Crippen LogP) is 4.69. The van der Waals surface area contributed by atoms with Gasteiger partial charge in [0.25, 0.3) is 0 Å². The van der Waals surface area contributed by atoms with Crippen molar-refractivity contribution in [2.45, 2.75) is 84.7 Å². The topological polar surface area (TPSA) is 38.1 Å². The van der Waals surface area contributed by atoms with Crippen molar-refractivity contribution in [2.24, 2.45) is 5.92 Å². The van der Waals surface area contributed by atoms with Crippen LogP contribution >= 0.6 is 0 Å². The molecule has 1 aliphatic rings. The van der Waals surface area contributed by atoms with E-state index < -0.39 is 0 Å². The Labute approximate surface area is 123 Å². The molecule has 1 aromatic rings. The third-order valence-electron chi connectivity index (χ3n) is 4.79. The van der Waals surface area contributed by atoms with Gasteiger partial charge in [0.05, 0.1) is 5.69 Å². The van der Waals surface area contributed by atoms with Crippen molar-refractivity contribution in [3.05, 3.63) is 17.0 Å². The van der Waals surface area contributed by atoms with Gasteiger partial charge >= 0.3 is 0 Å². The van der Waals surface area contributed by atoms with Crippen LogP contribution in [-0.4, -0.2) is 11.2 Å². The van der Waals surface area contributed by atoms with Gasteiger partial charge in [0.1, 0.15) is 5.76 Å². The van der Waals surface area contributed by atoms with Gasteiger partial charge in [-0.05, 0) is 46.0 Å². The van der Waals surface area contributed by atoms with Crippen LogP contribution in [0.1, 0.15) is 81.9 Å². The molecule has 0 amide bonds. The molecule has 1 aromatic heterocycles. The van der Waals surface area contributed by atoms with E-state index in [2.05, 4.69) is 24.3 Å². The Morgan fingerprint density at radius 2 is 2.05 bits per heavy atom. The van der Waals surface area contributed by atoms with Crippen LogP contribution in [0.4, 0.5) is 0 Å². The molecule has 114 valence electrons. The smallest absolute Gasteiger partial charge is 0.138 e. The van der Waals surface area contributed by atoms with Crippen LogP contribution in [-0.2, 0) is 0 Å². The molecule has 0 saturated heterocycles. The highest BCUT2D eigenvalue weighted by molar-refractivity contribution is 5.24. The van der Waals surface area contributed by atoms with Gasteiger partial charge in [0.15, 0.2) is 0 Å². The molecule has 3 atom stereocenters. The zero-order valence-corrected chi connectivity index (χ0v) is 13.5. The summed E-state index contributed by atoms with van der Waals surface area (Å²) in [6, 6.07) is 0.995. The molecule has 1 saturated carbocycles. The Morgan fingerprint density at radius 1 is 1.25 bits per heavy atom. The summed E-state index contributed by atoms with van der Waals surface area (Å²) >= 11 is 0. The monoisotopic (exact) mass is 278 g/mol. The molecule has 1 fully saturated rings. The molecule has 3 nitrogen and oxygen atoms in total. The SMILES string of the molecule is CCCC1CCCC(NC(C)c2c(C)noc2C)CC1. The summed E-state index contributed by atoms with van der Waals surface area (Å²) in [6.07, 6.45) is 9.55. The lowest BCUT2D eigenvalue weighted by molar-refractivity contribution is 0.380. The molecular formula is C17H30N2O. The van der Waals surface area contributed by atoms with Crippen molar-refractivity contribution in [1.82, 2.24) is 10.5 Å². The van der Waals surface area contributed by atoms with Gasteiger partial charge in [0.2, 0.25) is 0 Å². The molecule has 1 heterocycles. The van der Waals surface area contributed by atoms with Crippen LogP contribution in [0.15, 0.2) is 4.52 Å². The van der Waals surface area contributed by atoms with E-state index in [-0.39, 0.29) is 0 Å². The van der Waals surface area contributed by atoms with Gasteiger partial charge < -0.3 is 9.84 Å². The van der Waals surface area contributed by atoms with Crippen LogP contribution in [0, 0.1) is 19.8 Å². The number of nitrogens with zero attached hydrogens (tertiary/aromatic N) is 1. The van der Waals surface area contributed by atoms with Gasteiger partial charge in [-0.3, -0.25) is 0 Å². The molecule has 1 N–H and O–H groups in total. The lowest BCUT2D eigenvalue weighted by atomic mass is 9.95. The standard InChI is InChI=1S/C17H30N2O/c1-5-7-15-8-6-9-16(11-10-15)18-12(2)17-13(3)19-20-14(17)4/h12,15-16,18H,5-11H2,1-4H3. The van der Waals surface area contributed by atoms with Crippen LogP contribution in [0.25, 0.3) is 0 Å². The normalized spacial score (nSPS) is 25.4. The average molecular weight is 278 g/mol. The molecule has 0 aliphatic heterocycles. The Hall–Kier alpha value is -0.830. The van der Waals surface area contributed by atoms with E-state index in [0.29, 0.717) is 12.1 Å². The van der Waals surface area contributed by atoms with Crippen LogP contribution < -0.4 is 5.32 Å². The summed E-state index contributed by atoms with van der Waals surface area (Å²) in [5.74, 6) is 1.92. The van der Waals surface area contributed by atoms with Gasteiger partial charge in [-0.2, -0.15) is 0 Å². The van der Waals surface area contributed by atoms with Gasteiger partial charge in [-0.25, -0.2) is 0 Å². The Morgan fingerprint density at radius 3 is 2.70 bits per heavy atom. The maximum absolute atomic E-state index is 5.29. The van der Waals surface area contributed by atoms with E-state index >= 15 is 0 Å². The van der Waals surface area contributed by atoms with E-state index in [1.807, 2.05) is 13.8 Å². The fourth-order valence-electron chi connectivity index (χ4n) is 3.79. The maximum atomic E-state index is 5.29. The van der Waals surface area contributed by atoms with Crippen molar-refractivity contribution in [3.8, 4) is 0 Å². The molecule has 0 aromatic carbocycles. The number of hydrogen-bond donors (Lipinski definition) is 1. The van der Waals surface area contributed by atoms with E-state index in [0.717, 1.165) is 17.4 Å². The van der Waals surface area contributed by atoms with Crippen LogP contribution in [0.3, 0.4) is 0 Å². The Bertz CT molecular complexity index is 394. The van der Waals surface area contributed by atoms with E-state index in [9.17, 15) is 0 Å². The zero-order valence-electron chi connectivity index (χ0n) is 13.5. The molecule has 1 aliphatic carbocycles. The fraction of sp³-hybridized carbons (Fsp3) is 0.824. The number of rotatable bonds is 5. The first-order valence-electron chi connectivity index (χ1n) is 8.30. The van der Waals surface area contributed by atoms with Gasteiger partial charge in [0, 0.05) is 17.6 Å². The van der Waals surface area contributed by atoms with Crippen molar-refractivity contribution in [1.29, 1.82) is 0 Å². The second-order valence-electron chi connectivity index (χ2n) is 6.49. The maximum Gasteiger partial charge on any atom is 0.138 e. The molecular weight excluding hydrogens is 248 g/mol. The lowest BCUT2D eigenvalue weighted by Crippen LogP contribution is -2.31. The lowest BCUT2D eigenvalue weighted by Gasteiger charge is -2.22. The average Bonchev–Trinajstić information content (AvgIpc) is 2.61. The van der Waals surface area contributed by atoms with Crippen LogP contribution in [0.2, 0.25) is 0 Å². The Balaban J connectivity index is 1.90. The van der Waals surface area contributed by atoms with Gasteiger partial charge in [-0.15, -0.1) is 0 Å². The molecule has 0 spiro atoms. The van der Waals surface area contributed by atoms with Crippen LogP contribution in [0.5, 0.6) is 0 Å². The first-order chi connectivity index (χ1) is 9.61. The molecule has 20 heavy (non-hydrogen) atoms. The Kier molecular flexibility index (Phi) is 5.64. The van der Waals surface area contributed by atoms with E-state index in [4.69, 9.17) is 4.52 Å². The summed E-state index contributed by atoms with van der Waals surface area (Å²) in [5.41, 5.74) is 2.28. The quantitative estimate of drug-likeness (QED) is 0.794. The highest BCUT2D eigenvalue weighted by atomic mass is 16.5. The number of hydrogen-bond acceptors (Lipinski definition) is 3. The number of aryl methyl sites for hydroxylation is 2. The third kappa shape index (κ3) is 3.85. The minimum Gasteiger partial charge on any atom is -0.361 e. The highest BCUT2D eigenvalue weighted by Gasteiger charge is 2.22. The highest BCUT2D eigenvalue weighted by Crippen LogP contribution is 2.29. The third-order valence-corrected chi connectivity index (χ3v) is 4.79. The first kappa shape index (κ1) is 15.6. The van der Waals surface area contributed by atoms with Gasteiger partial charge in [-0.1, -0.05) is 37.8 Å². The van der Waals surface area contributed by atoms with Crippen molar-refractivity contribution in [2.75, 3.05) is 0 Å². The summed E-state index contributed by atoms with van der Waals surface area (Å²) in [5, 5.41) is 7.88. The fourth-order valence-corrected chi connectivity index (χ4v) is 3.79.